The monoisotopic (exact) mass is 325 g/mol. The fraction of sp³-hybridized carbons (Fsp3) is 0.714. The smallest absolute Gasteiger partial charge is 0.321 e. The zero-order chi connectivity index (χ0) is 16.1. The number of nitrogens with one attached hydrogen (secondary N) is 2. The predicted octanol–water partition coefficient (Wildman–Crippen LogP) is 1.89. The van der Waals surface area contributed by atoms with Crippen molar-refractivity contribution in [2.24, 2.45) is 0 Å². The fourth-order valence-corrected chi connectivity index (χ4v) is 2.81. The van der Waals surface area contributed by atoms with Crippen molar-refractivity contribution in [1.82, 2.24) is 25.4 Å². The maximum absolute atomic E-state index is 11.8. The lowest BCUT2D eigenvalue weighted by Crippen LogP contribution is -2.43. The molecule has 2 rings (SSSR count). The molecule has 0 saturated heterocycles. The van der Waals surface area contributed by atoms with Crippen LogP contribution < -0.4 is 10.6 Å². The van der Waals surface area contributed by atoms with E-state index in [-0.39, 0.29) is 17.7 Å². The van der Waals surface area contributed by atoms with Crippen LogP contribution in [-0.2, 0) is 11.3 Å². The highest BCUT2D eigenvalue weighted by Gasteiger charge is 2.30. The SMILES string of the molecule is CC[C@@H](C)NC(=O)NC(=O)CSc1nnc(C2CC2)n1CC. The minimum absolute atomic E-state index is 0.0461. The first kappa shape index (κ1) is 16.8. The summed E-state index contributed by atoms with van der Waals surface area (Å²) in [6, 6.07) is -0.402. The van der Waals surface area contributed by atoms with Crippen LogP contribution in [0.1, 0.15) is 51.8 Å². The average molecular weight is 325 g/mol. The van der Waals surface area contributed by atoms with Crippen molar-refractivity contribution in [2.75, 3.05) is 5.75 Å². The summed E-state index contributed by atoms with van der Waals surface area (Å²) >= 11 is 1.31. The molecule has 1 saturated carbocycles. The second-order valence-electron chi connectivity index (χ2n) is 5.48. The van der Waals surface area contributed by atoms with E-state index in [2.05, 4.69) is 25.4 Å². The topological polar surface area (TPSA) is 88.9 Å². The van der Waals surface area contributed by atoms with Crippen LogP contribution in [0.4, 0.5) is 4.79 Å². The third-order valence-corrected chi connectivity index (χ3v) is 4.55. The van der Waals surface area contributed by atoms with Gasteiger partial charge in [0.05, 0.1) is 5.75 Å². The Morgan fingerprint density at radius 1 is 1.36 bits per heavy atom. The van der Waals surface area contributed by atoms with Crippen LogP contribution in [0.15, 0.2) is 5.16 Å². The van der Waals surface area contributed by atoms with Gasteiger partial charge in [0.2, 0.25) is 5.91 Å². The Hall–Kier alpha value is -1.57. The zero-order valence-electron chi connectivity index (χ0n) is 13.3. The molecule has 7 nitrogen and oxygen atoms in total. The number of carbonyl (C=O) groups is 2. The van der Waals surface area contributed by atoms with Gasteiger partial charge in [-0.2, -0.15) is 0 Å². The van der Waals surface area contributed by atoms with Crippen molar-refractivity contribution < 1.29 is 9.59 Å². The molecule has 2 N–H and O–H groups in total. The van der Waals surface area contributed by atoms with Gasteiger partial charge < -0.3 is 9.88 Å². The number of carbonyl (C=O) groups excluding carboxylic acids is 2. The predicted molar refractivity (Wildman–Crippen MR) is 84.8 cm³/mol. The molecule has 1 aliphatic carbocycles. The molecular weight excluding hydrogens is 302 g/mol. The van der Waals surface area contributed by atoms with Gasteiger partial charge in [0.25, 0.3) is 0 Å². The number of hydrogen-bond acceptors (Lipinski definition) is 5. The largest absolute Gasteiger partial charge is 0.335 e. The van der Waals surface area contributed by atoms with Crippen LogP contribution >= 0.6 is 11.8 Å². The van der Waals surface area contributed by atoms with Crippen molar-refractivity contribution >= 4 is 23.7 Å². The van der Waals surface area contributed by atoms with Crippen LogP contribution in [0, 0.1) is 0 Å². The Kier molecular flexibility index (Phi) is 5.82. The summed E-state index contributed by atoms with van der Waals surface area (Å²) in [6.07, 6.45) is 3.15. The molecule has 1 heterocycles. The first-order chi connectivity index (χ1) is 10.5. The van der Waals surface area contributed by atoms with E-state index in [4.69, 9.17) is 0 Å². The molecule has 1 aromatic heterocycles. The summed E-state index contributed by atoms with van der Waals surface area (Å²) < 4.78 is 2.05. The average Bonchev–Trinajstić information content (AvgIpc) is 3.24. The molecule has 0 unspecified atom stereocenters. The van der Waals surface area contributed by atoms with Gasteiger partial charge in [0, 0.05) is 18.5 Å². The fourth-order valence-electron chi connectivity index (χ4n) is 2.00. The van der Waals surface area contributed by atoms with Crippen LogP contribution in [0.5, 0.6) is 0 Å². The number of amides is 3. The Morgan fingerprint density at radius 2 is 2.09 bits per heavy atom. The first-order valence-corrected chi connectivity index (χ1v) is 8.69. The van der Waals surface area contributed by atoms with Gasteiger partial charge in [-0.1, -0.05) is 18.7 Å². The number of urea groups is 1. The van der Waals surface area contributed by atoms with Crippen LogP contribution in [0.25, 0.3) is 0 Å². The molecule has 122 valence electrons. The van der Waals surface area contributed by atoms with E-state index in [1.807, 2.05) is 20.8 Å². The second kappa shape index (κ2) is 7.62. The summed E-state index contributed by atoms with van der Waals surface area (Å²) in [7, 11) is 0. The lowest BCUT2D eigenvalue weighted by atomic mass is 10.3. The number of aromatic nitrogens is 3. The Balaban J connectivity index is 1.82. The van der Waals surface area contributed by atoms with E-state index in [0.717, 1.165) is 23.9 Å². The van der Waals surface area contributed by atoms with Crippen LogP contribution in [0.3, 0.4) is 0 Å². The molecule has 0 aliphatic heterocycles. The van der Waals surface area contributed by atoms with E-state index in [9.17, 15) is 9.59 Å². The highest BCUT2D eigenvalue weighted by Crippen LogP contribution is 2.39. The van der Waals surface area contributed by atoms with Crippen molar-refractivity contribution in [3.63, 3.8) is 0 Å². The Labute approximate surface area is 134 Å². The second-order valence-corrected chi connectivity index (χ2v) is 6.42. The molecule has 1 atom stereocenters. The molecule has 8 heteroatoms. The van der Waals surface area contributed by atoms with Crippen molar-refractivity contribution in [3.8, 4) is 0 Å². The molecule has 3 amide bonds. The Bertz CT molecular complexity index is 541. The highest BCUT2D eigenvalue weighted by molar-refractivity contribution is 7.99. The standard InChI is InChI=1S/C14H23N5O2S/c1-4-9(3)15-13(21)16-11(20)8-22-14-18-17-12(10-6-7-10)19(14)5-2/h9-10H,4-8H2,1-3H3,(H2,15,16,20,21)/t9-/m1/s1. The third-order valence-electron chi connectivity index (χ3n) is 3.58. The van der Waals surface area contributed by atoms with Gasteiger partial charge in [0.1, 0.15) is 5.82 Å². The number of imide groups is 1. The van der Waals surface area contributed by atoms with Crippen LogP contribution in [0.2, 0.25) is 0 Å². The van der Waals surface area contributed by atoms with E-state index in [1.165, 1.54) is 24.6 Å². The quantitative estimate of drug-likeness (QED) is 0.747. The minimum atomic E-state index is -0.449. The summed E-state index contributed by atoms with van der Waals surface area (Å²) in [6.45, 7) is 6.69. The summed E-state index contributed by atoms with van der Waals surface area (Å²) in [5.41, 5.74) is 0. The normalized spacial score (nSPS) is 15.4. The molecule has 0 bridgehead atoms. The van der Waals surface area contributed by atoms with Gasteiger partial charge in [-0.05, 0) is 33.1 Å². The highest BCUT2D eigenvalue weighted by atomic mass is 32.2. The number of hydrogen-bond donors (Lipinski definition) is 2. The lowest BCUT2D eigenvalue weighted by molar-refractivity contribution is -0.117. The van der Waals surface area contributed by atoms with E-state index in [0.29, 0.717) is 5.92 Å². The lowest BCUT2D eigenvalue weighted by Gasteiger charge is -2.11. The van der Waals surface area contributed by atoms with E-state index in [1.54, 1.807) is 0 Å². The molecule has 22 heavy (non-hydrogen) atoms. The molecule has 1 aromatic rings. The molecule has 0 radical (unpaired) electrons. The zero-order valence-corrected chi connectivity index (χ0v) is 14.1. The van der Waals surface area contributed by atoms with Crippen molar-refractivity contribution in [1.29, 1.82) is 0 Å². The Morgan fingerprint density at radius 3 is 2.68 bits per heavy atom. The summed E-state index contributed by atoms with van der Waals surface area (Å²) in [5, 5.41) is 14.1. The molecule has 1 aliphatic rings. The maximum atomic E-state index is 11.8. The number of rotatable bonds is 7. The minimum Gasteiger partial charge on any atom is -0.335 e. The summed E-state index contributed by atoms with van der Waals surface area (Å²) in [5.74, 6) is 1.36. The van der Waals surface area contributed by atoms with E-state index >= 15 is 0 Å². The van der Waals surface area contributed by atoms with Crippen molar-refractivity contribution in [3.05, 3.63) is 5.82 Å². The van der Waals surface area contributed by atoms with Gasteiger partial charge in [0.15, 0.2) is 5.16 Å². The van der Waals surface area contributed by atoms with Crippen molar-refractivity contribution in [2.45, 2.75) is 63.7 Å². The molecular formula is C14H23N5O2S. The van der Waals surface area contributed by atoms with Gasteiger partial charge in [-0.25, -0.2) is 4.79 Å². The third kappa shape index (κ3) is 4.46. The molecule has 0 aromatic carbocycles. The first-order valence-electron chi connectivity index (χ1n) is 7.71. The summed E-state index contributed by atoms with van der Waals surface area (Å²) in [4.78, 5) is 23.4. The van der Waals surface area contributed by atoms with Crippen LogP contribution in [-0.4, -0.2) is 38.5 Å². The maximum Gasteiger partial charge on any atom is 0.321 e. The molecule has 0 spiro atoms. The molecule has 1 fully saturated rings. The number of thioether (sulfide) groups is 1. The number of nitrogens with zero attached hydrogens (tertiary/aromatic N) is 3. The van der Waals surface area contributed by atoms with Gasteiger partial charge >= 0.3 is 6.03 Å². The van der Waals surface area contributed by atoms with E-state index < -0.39 is 6.03 Å². The van der Waals surface area contributed by atoms with Gasteiger partial charge in [-0.3, -0.25) is 10.1 Å². The van der Waals surface area contributed by atoms with Gasteiger partial charge in [-0.15, -0.1) is 10.2 Å².